The maximum atomic E-state index is 12.2. The van der Waals surface area contributed by atoms with Crippen LogP contribution in [0.5, 0.6) is 0 Å². The van der Waals surface area contributed by atoms with Gasteiger partial charge in [-0.1, -0.05) is 23.7 Å². The number of halogens is 1. The minimum absolute atomic E-state index is 0.0222. The summed E-state index contributed by atoms with van der Waals surface area (Å²) in [4.78, 5) is -0.110. The minimum atomic E-state index is -3.86. The van der Waals surface area contributed by atoms with E-state index in [1.807, 2.05) is 6.07 Å². The van der Waals surface area contributed by atoms with Crippen molar-refractivity contribution >= 4 is 33.0 Å². The van der Waals surface area contributed by atoms with Crippen molar-refractivity contribution in [2.75, 3.05) is 10.5 Å². The zero-order valence-corrected chi connectivity index (χ0v) is 11.7. The Balaban J connectivity index is 2.42. The summed E-state index contributed by atoms with van der Waals surface area (Å²) in [6, 6.07) is 12.3. The summed E-state index contributed by atoms with van der Waals surface area (Å²) in [6.07, 6.45) is 0. The smallest absolute Gasteiger partial charge is 0.263 e. The maximum Gasteiger partial charge on any atom is 0.263 e. The van der Waals surface area contributed by atoms with Gasteiger partial charge in [-0.2, -0.15) is 5.26 Å². The summed E-state index contributed by atoms with van der Waals surface area (Å²) in [5, 5.41) is 8.71. The third-order valence-corrected chi connectivity index (χ3v) is 4.40. The fourth-order valence-corrected chi connectivity index (χ4v) is 3.21. The molecule has 102 valence electrons. The van der Waals surface area contributed by atoms with Crippen LogP contribution < -0.4 is 10.5 Å². The molecule has 5 nitrogen and oxygen atoms in total. The number of nitriles is 1. The van der Waals surface area contributed by atoms with Crippen molar-refractivity contribution in [1.82, 2.24) is 0 Å². The first-order chi connectivity index (χ1) is 9.44. The lowest BCUT2D eigenvalue weighted by atomic mass is 10.2. The molecule has 0 amide bonds. The molecule has 0 radical (unpaired) electrons. The molecule has 3 N–H and O–H groups in total. The van der Waals surface area contributed by atoms with E-state index in [0.717, 1.165) is 0 Å². The Hall–Kier alpha value is -2.23. The molecule has 0 spiro atoms. The van der Waals surface area contributed by atoms with E-state index in [4.69, 9.17) is 22.6 Å². The standard InChI is InChI=1S/C13H10ClN3O2S/c14-10-7-9(8-15)5-6-13(10)20(18,19)17-12-4-2-1-3-11(12)16/h1-7,17H,16H2. The summed E-state index contributed by atoms with van der Waals surface area (Å²) in [6.45, 7) is 0. The van der Waals surface area contributed by atoms with E-state index in [1.165, 1.54) is 18.2 Å². The van der Waals surface area contributed by atoms with Crippen molar-refractivity contribution in [1.29, 1.82) is 5.26 Å². The quantitative estimate of drug-likeness (QED) is 0.852. The summed E-state index contributed by atoms with van der Waals surface area (Å²) in [5.74, 6) is 0. The average molecular weight is 308 g/mol. The van der Waals surface area contributed by atoms with Crippen LogP contribution in [0.1, 0.15) is 5.56 Å². The number of rotatable bonds is 3. The monoisotopic (exact) mass is 307 g/mol. The molecule has 0 atom stereocenters. The lowest BCUT2D eigenvalue weighted by Gasteiger charge is -2.11. The molecule has 0 saturated carbocycles. The van der Waals surface area contributed by atoms with Crippen LogP contribution in [0.3, 0.4) is 0 Å². The van der Waals surface area contributed by atoms with E-state index < -0.39 is 10.0 Å². The molecule has 0 aliphatic heterocycles. The number of nitrogens with one attached hydrogen (secondary N) is 1. The zero-order valence-electron chi connectivity index (χ0n) is 10.2. The second kappa shape index (κ2) is 5.41. The van der Waals surface area contributed by atoms with Crippen LogP contribution in [0, 0.1) is 11.3 Å². The van der Waals surface area contributed by atoms with Gasteiger partial charge >= 0.3 is 0 Å². The Morgan fingerprint density at radius 2 is 1.90 bits per heavy atom. The van der Waals surface area contributed by atoms with Gasteiger partial charge in [0.1, 0.15) is 4.90 Å². The van der Waals surface area contributed by atoms with Crippen LogP contribution >= 0.6 is 11.6 Å². The highest BCUT2D eigenvalue weighted by molar-refractivity contribution is 7.92. The summed E-state index contributed by atoms with van der Waals surface area (Å²) in [5.41, 5.74) is 6.55. The van der Waals surface area contributed by atoms with Crippen molar-refractivity contribution in [2.45, 2.75) is 4.90 Å². The Kier molecular flexibility index (Phi) is 3.84. The molecule has 0 aliphatic carbocycles. The number of nitrogens with zero attached hydrogens (tertiary/aromatic N) is 1. The topological polar surface area (TPSA) is 96.0 Å². The predicted octanol–water partition coefficient (Wildman–Crippen LogP) is 2.59. The van der Waals surface area contributed by atoms with Crippen LogP contribution in [-0.4, -0.2) is 8.42 Å². The molecule has 0 heterocycles. The summed E-state index contributed by atoms with van der Waals surface area (Å²) < 4.78 is 26.8. The number of para-hydroxylation sites is 2. The number of hydrogen-bond acceptors (Lipinski definition) is 4. The fraction of sp³-hybridized carbons (Fsp3) is 0. The SMILES string of the molecule is N#Cc1ccc(S(=O)(=O)Nc2ccccc2N)c(Cl)c1. The van der Waals surface area contributed by atoms with Gasteiger partial charge in [0.15, 0.2) is 0 Å². The summed E-state index contributed by atoms with van der Waals surface area (Å²) in [7, 11) is -3.86. The van der Waals surface area contributed by atoms with Gasteiger partial charge in [-0.15, -0.1) is 0 Å². The third kappa shape index (κ3) is 2.85. The normalized spacial score (nSPS) is 10.8. The number of nitrogens with two attached hydrogens (primary N) is 1. The number of sulfonamides is 1. The van der Waals surface area contributed by atoms with Crippen LogP contribution in [0.4, 0.5) is 11.4 Å². The van der Waals surface area contributed by atoms with Crippen molar-refractivity contribution in [3.63, 3.8) is 0 Å². The highest BCUT2D eigenvalue weighted by Crippen LogP contribution is 2.26. The highest BCUT2D eigenvalue weighted by Gasteiger charge is 2.19. The molecule has 0 bridgehead atoms. The van der Waals surface area contributed by atoms with E-state index in [9.17, 15) is 8.42 Å². The largest absolute Gasteiger partial charge is 0.397 e. The van der Waals surface area contributed by atoms with Crippen molar-refractivity contribution in [2.24, 2.45) is 0 Å². The average Bonchev–Trinajstić information content (AvgIpc) is 2.40. The molecule has 2 aromatic rings. The minimum Gasteiger partial charge on any atom is -0.397 e. The van der Waals surface area contributed by atoms with Crippen molar-refractivity contribution in [3.05, 3.63) is 53.1 Å². The van der Waals surface area contributed by atoms with E-state index in [0.29, 0.717) is 5.69 Å². The van der Waals surface area contributed by atoms with Gasteiger partial charge in [0.25, 0.3) is 10.0 Å². The molecular formula is C13H10ClN3O2S. The van der Waals surface area contributed by atoms with Gasteiger partial charge in [-0.3, -0.25) is 4.72 Å². The lowest BCUT2D eigenvalue weighted by molar-refractivity contribution is 0.601. The molecule has 2 aromatic carbocycles. The number of hydrogen-bond donors (Lipinski definition) is 2. The Morgan fingerprint density at radius 1 is 1.20 bits per heavy atom. The molecule has 0 aromatic heterocycles. The first-order valence-corrected chi connectivity index (χ1v) is 7.37. The second-order valence-electron chi connectivity index (χ2n) is 3.95. The molecule has 0 fully saturated rings. The number of benzene rings is 2. The van der Waals surface area contributed by atoms with Crippen LogP contribution in [0.2, 0.25) is 5.02 Å². The van der Waals surface area contributed by atoms with E-state index >= 15 is 0 Å². The van der Waals surface area contributed by atoms with Gasteiger partial charge in [-0.05, 0) is 30.3 Å². The van der Waals surface area contributed by atoms with Gasteiger partial charge in [-0.25, -0.2) is 8.42 Å². The molecule has 0 aliphatic rings. The number of nitrogen functional groups attached to an aromatic ring is 1. The third-order valence-electron chi connectivity index (χ3n) is 2.56. The van der Waals surface area contributed by atoms with Crippen LogP contribution in [-0.2, 0) is 10.0 Å². The molecule has 2 rings (SSSR count). The number of anilines is 2. The van der Waals surface area contributed by atoms with Crippen molar-refractivity contribution < 1.29 is 8.42 Å². The predicted molar refractivity (Wildman–Crippen MR) is 77.8 cm³/mol. The zero-order chi connectivity index (χ0) is 14.8. The second-order valence-corrected chi connectivity index (χ2v) is 6.01. The Bertz CT molecular complexity index is 798. The first-order valence-electron chi connectivity index (χ1n) is 5.51. The van der Waals surface area contributed by atoms with E-state index in [-0.39, 0.29) is 21.2 Å². The highest BCUT2D eigenvalue weighted by atomic mass is 35.5. The molecule has 7 heteroatoms. The van der Waals surface area contributed by atoms with Gasteiger partial charge in [0.2, 0.25) is 0 Å². The van der Waals surface area contributed by atoms with Gasteiger partial charge in [0.05, 0.1) is 28.0 Å². The first kappa shape index (κ1) is 14.2. The van der Waals surface area contributed by atoms with Crippen LogP contribution in [0.15, 0.2) is 47.4 Å². The molecular weight excluding hydrogens is 298 g/mol. The summed E-state index contributed by atoms with van der Waals surface area (Å²) >= 11 is 5.90. The van der Waals surface area contributed by atoms with E-state index in [1.54, 1.807) is 24.3 Å². The maximum absolute atomic E-state index is 12.2. The Morgan fingerprint density at radius 3 is 2.50 bits per heavy atom. The van der Waals surface area contributed by atoms with Crippen molar-refractivity contribution in [3.8, 4) is 6.07 Å². The van der Waals surface area contributed by atoms with Crippen LogP contribution in [0.25, 0.3) is 0 Å². The van der Waals surface area contributed by atoms with Gasteiger partial charge < -0.3 is 5.73 Å². The molecule has 20 heavy (non-hydrogen) atoms. The Labute approximate surface area is 121 Å². The molecule has 0 saturated heterocycles. The van der Waals surface area contributed by atoms with E-state index in [2.05, 4.69) is 4.72 Å². The lowest BCUT2D eigenvalue weighted by Crippen LogP contribution is -2.14. The fourth-order valence-electron chi connectivity index (χ4n) is 1.58. The molecule has 0 unspecified atom stereocenters. The van der Waals surface area contributed by atoms with Gasteiger partial charge in [0, 0.05) is 0 Å².